The minimum atomic E-state index is -0.754. The van der Waals surface area contributed by atoms with E-state index in [1.807, 2.05) is 0 Å². The van der Waals surface area contributed by atoms with Crippen LogP contribution in [0.25, 0.3) is 0 Å². The highest BCUT2D eigenvalue weighted by atomic mass is 16.3. The van der Waals surface area contributed by atoms with Crippen molar-refractivity contribution in [2.24, 2.45) is 0 Å². The summed E-state index contributed by atoms with van der Waals surface area (Å²) in [5.74, 6) is 1.18. The molecule has 0 spiro atoms. The average Bonchev–Trinajstić information content (AvgIpc) is 2.62. The Hall–Kier alpha value is -1.46. The summed E-state index contributed by atoms with van der Waals surface area (Å²) >= 11 is 0. The molecule has 1 aromatic rings. The van der Waals surface area contributed by atoms with Crippen LogP contribution in [-0.2, 0) is 17.6 Å². The Kier molecular flexibility index (Phi) is 6.65. The second-order valence-corrected chi connectivity index (χ2v) is 8.13. The number of unbranched alkanes of at least 4 members (excludes halogenated alkanes) is 1. The summed E-state index contributed by atoms with van der Waals surface area (Å²) in [6.45, 7) is 3.62. The normalized spacial score (nSPS) is 25.4. The molecule has 1 fully saturated rings. The Bertz CT molecular complexity index is 609. The second-order valence-electron chi connectivity index (χ2n) is 8.13. The molecule has 0 saturated heterocycles. The molecule has 1 aliphatic carbocycles. The molecule has 2 heterocycles. The summed E-state index contributed by atoms with van der Waals surface area (Å²) in [6, 6.07) is 4.89. The molecular weight excluding hydrogens is 326 g/mol. The van der Waals surface area contributed by atoms with Crippen LogP contribution in [0.4, 0.5) is 5.82 Å². The highest BCUT2D eigenvalue weighted by Crippen LogP contribution is 2.31. The zero-order valence-corrected chi connectivity index (χ0v) is 16.0. The SMILES string of the molecule is CC(=O)CC1(O)CCC(NCCCCc2ccc3c(n2)NCCC3)CC1. The molecule has 0 unspecified atom stereocenters. The maximum Gasteiger partial charge on any atom is 0.132 e. The molecule has 0 amide bonds. The van der Waals surface area contributed by atoms with Gasteiger partial charge in [-0.1, -0.05) is 6.07 Å². The molecule has 26 heavy (non-hydrogen) atoms. The number of carbonyl (C=O) groups excluding carboxylic acids is 1. The number of aromatic nitrogens is 1. The smallest absolute Gasteiger partial charge is 0.132 e. The number of rotatable bonds is 8. The second kappa shape index (κ2) is 8.96. The van der Waals surface area contributed by atoms with E-state index in [1.165, 1.54) is 17.7 Å². The first kappa shape index (κ1) is 19.3. The van der Waals surface area contributed by atoms with E-state index in [9.17, 15) is 9.90 Å². The average molecular weight is 360 g/mol. The van der Waals surface area contributed by atoms with Crippen LogP contribution in [0.15, 0.2) is 12.1 Å². The summed E-state index contributed by atoms with van der Waals surface area (Å²) in [7, 11) is 0. The van der Waals surface area contributed by atoms with Gasteiger partial charge < -0.3 is 15.7 Å². The zero-order chi connectivity index (χ0) is 18.4. The van der Waals surface area contributed by atoms with Crippen LogP contribution in [0.5, 0.6) is 0 Å². The fraction of sp³-hybridized carbons (Fsp3) is 0.714. The number of fused-ring (bicyclic) bond motifs is 1. The van der Waals surface area contributed by atoms with Crippen molar-refractivity contribution in [3.05, 3.63) is 23.4 Å². The molecule has 1 aromatic heterocycles. The van der Waals surface area contributed by atoms with Crippen molar-refractivity contribution in [2.75, 3.05) is 18.4 Å². The highest BCUT2D eigenvalue weighted by Gasteiger charge is 2.33. The predicted molar refractivity (Wildman–Crippen MR) is 104 cm³/mol. The molecular formula is C21H33N3O2. The number of hydrogen-bond donors (Lipinski definition) is 3. The summed E-state index contributed by atoms with van der Waals surface area (Å²) in [4.78, 5) is 16.0. The van der Waals surface area contributed by atoms with Gasteiger partial charge in [0.1, 0.15) is 11.6 Å². The number of pyridine rings is 1. The van der Waals surface area contributed by atoms with Crippen LogP contribution >= 0.6 is 0 Å². The third-order valence-electron chi connectivity index (χ3n) is 5.74. The van der Waals surface area contributed by atoms with Crippen LogP contribution in [-0.4, -0.2) is 40.6 Å². The molecule has 2 aliphatic rings. The third kappa shape index (κ3) is 5.52. The van der Waals surface area contributed by atoms with E-state index in [1.54, 1.807) is 6.92 Å². The summed E-state index contributed by atoms with van der Waals surface area (Å²) in [6.07, 6.45) is 9.34. The van der Waals surface area contributed by atoms with Crippen LogP contribution in [0.3, 0.4) is 0 Å². The maximum absolute atomic E-state index is 11.3. The van der Waals surface area contributed by atoms with Gasteiger partial charge in [-0.25, -0.2) is 4.98 Å². The van der Waals surface area contributed by atoms with E-state index < -0.39 is 5.60 Å². The van der Waals surface area contributed by atoms with Crippen molar-refractivity contribution in [2.45, 2.75) is 82.8 Å². The summed E-state index contributed by atoms with van der Waals surface area (Å²) in [5.41, 5.74) is 1.78. The number of nitrogens with zero attached hydrogens (tertiary/aromatic N) is 1. The first-order chi connectivity index (χ1) is 12.5. The topological polar surface area (TPSA) is 74.2 Å². The number of aliphatic hydroxyl groups is 1. The van der Waals surface area contributed by atoms with Gasteiger partial charge in [0.05, 0.1) is 5.60 Å². The van der Waals surface area contributed by atoms with E-state index in [4.69, 9.17) is 4.98 Å². The van der Waals surface area contributed by atoms with Crippen molar-refractivity contribution in [1.29, 1.82) is 0 Å². The summed E-state index contributed by atoms with van der Waals surface area (Å²) in [5, 5.41) is 17.4. The highest BCUT2D eigenvalue weighted by molar-refractivity contribution is 5.76. The standard InChI is InChI=1S/C21H33N3O2/c1-16(25)15-21(26)11-9-18(10-12-21)22-13-3-2-6-19-8-7-17-5-4-14-23-20(17)24-19/h7-8,18,22,26H,2-6,9-15H2,1H3,(H,23,24). The lowest BCUT2D eigenvalue weighted by Gasteiger charge is -2.35. The predicted octanol–water partition coefficient (Wildman–Crippen LogP) is 3.00. The Morgan fingerprint density at radius 2 is 2.15 bits per heavy atom. The Labute approximate surface area is 157 Å². The quantitative estimate of drug-likeness (QED) is 0.622. The number of Topliss-reactive ketones (excluding diaryl/α,β-unsaturated/α-hetero) is 1. The van der Waals surface area contributed by atoms with Crippen molar-refractivity contribution < 1.29 is 9.90 Å². The molecule has 0 radical (unpaired) electrons. The van der Waals surface area contributed by atoms with Gasteiger partial charge in [-0.2, -0.15) is 0 Å². The number of aryl methyl sites for hydroxylation is 2. The molecule has 0 bridgehead atoms. The number of nitrogens with one attached hydrogen (secondary N) is 2. The largest absolute Gasteiger partial charge is 0.389 e. The first-order valence-corrected chi connectivity index (χ1v) is 10.2. The van der Waals surface area contributed by atoms with Gasteiger partial charge in [-0.3, -0.25) is 4.79 Å². The van der Waals surface area contributed by atoms with E-state index in [2.05, 4.69) is 22.8 Å². The van der Waals surface area contributed by atoms with Gasteiger partial charge in [-0.05, 0) is 82.9 Å². The molecule has 0 aromatic carbocycles. The van der Waals surface area contributed by atoms with Crippen molar-refractivity contribution in [3.8, 4) is 0 Å². The van der Waals surface area contributed by atoms with Crippen LogP contribution in [0.2, 0.25) is 0 Å². The van der Waals surface area contributed by atoms with E-state index in [-0.39, 0.29) is 5.78 Å². The Balaban J connectivity index is 1.31. The maximum atomic E-state index is 11.3. The lowest BCUT2D eigenvalue weighted by molar-refractivity contribution is -0.123. The Morgan fingerprint density at radius 1 is 1.35 bits per heavy atom. The monoisotopic (exact) mass is 359 g/mol. The lowest BCUT2D eigenvalue weighted by Crippen LogP contribution is -2.42. The van der Waals surface area contributed by atoms with Crippen molar-refractivity contribution >= 4 is 11.6 Å². The molecule has 3 N–H and O–H groups in total. The molecule has 5 nitrogen and oxygen atoms in total. The Morgan fingerprint density at radius 3 is 2.92 bits per heavy atom. The third-order valence-corrected chi connectivity index (χ3v) is 5.74. The van der Waals surface area contributed by atoms with E-state index in [0.717, 1.165) is 70.3 Å². The van der Waals surface area contributed by atoms with Crippen LogP contribution in [0.1, 0.15) is 69.5 Å². The zero-order valence-electron chi connectivity index (χ0n) is 16.0. The van der Waals surface area contributed by atoms with Gasteiger partial charge in [0.2, 0.25) is 0 Å². The minimum Gasteiger partial charge on any atom is -0.389 e. The van der Waals surface area contributed by atoms with Gasteiger partial charge in [0, 0.05) is 24.7 Å². The van der Waals surface area contributed by atoms with Crippen LogP contribution < -0.4 is 10.6 Å². The number of hydrogen-bond acceptors (Lipinski definition) is 5. The number of anilines is 1. The van der Waals surface area contributed by atoms with E-state index >= 15 is 0 Å². The molecule has 5 heteroatoms. The number of carbonyl (C=O) groups is 1. The van der Waals surface area contributed by atoms with Gasteiger partial charge >= 0.3 is 0 Å². The molecule has 3 rings (SSSR count). The molecule has 1 aliphatic heterocycles. The number of ketones is 1. The van der Waals surface area contributed by atoms with Crippen molar-refractivity contribution in [3.63, 3.8) is 0 Å². The lowest BCUT2D eigenvalue weighted by atomic mass is 9.79. The fourth-order valence-corrected chi connectivity index (χ4v) is 4.24. The fourth-order valence-electron chi connectivity index (χ4n) is 4.24. The van der Waals surface area contributed by atoms with Gasteiger partial charge in [0.15, 0.2) is 0 Å². The first-order valence-electron chi connectivity index (χ1n) is 10.2. The van der Waals surface area contributed by atoms with Gasteiger partial charge in [0.25, 0.3) is 0 Å². The van der Waals surface area contributed by atoms with Gasteiger partial charge in [-0.15, -0.1) is 0 Å². The minimum absolute atomic E-state index is 0.0879. The van der Waals surface area contributed by atoms with Crippen molar-refractivity contribution in [1.82, 2.24) is 10.3 Å². The molecule has 1 saturated carbocycles. The van der Waals surface area contributed by atoms with E-state index in [0.29, 0.717) is 12.5 Å². The molecule has 144 valence electrons. The summed E-state index contributed by atoms with van der Waals surface area (Å²) < 4.78 is 0. The molecule has 0 atom stereocenters. The van der Waals surface area contributed by atoms with Crippen LogP contribution in [0, 0.1) is 0 Å².